The van der Waals surface area contributed by atoms with Crippen LogP contribution in [0, 0.1) is 12.8 Å². The second-order valence-corrected chi connectivity index (χ2v) is 7.96. The third-order valence-corrected chi connectivity index (χ3v) is 5.88. The third kappa shape index (κ3) is 4.19. The molecular formula is C20H22N2O4S. The van der Waals surface area contributed by atoms with Crippen LogP contribution in [0.2, 0.25) is 0 Å². The minimum atomic E-state index is -0.558. The molecule has 1 aromatic heterocycles. The largest absolute Gasteiger partial charge is 0.452 e. The first-order valence-electron chi connectivity index (χ1n) is 8.83. The van der Waals surface area contributed by atoms with E-state index < -0.39 is 24.4 Å². The second kappa shape index (κ2) is 7.92. The van der Waals surface area contributed by atoms with Gasteiger partial charge < -0.3 is 15.8 Å². The number of anilines is 1. The maximum absolute atomic E-state index is 12.3. The quantitative estimate of drug-likeness (QED) is 0.772. The van der Waals surface area contributed by atoms with Crippen molar-refractivity contribution in [3.8, 4) is 0 Å². The van der Waals surface area contributed by atoms with E-state index in [9.17, 15) is 14.4 Å². The van der Waals surface area contributed by atoms with Crippen LogP contribution in [0.3, 0.4) is 0 Å². The number of fused-ring (bicyclic) bond motifs is 1. The topological polar surface area (TPSA) is 98.5 Å². The van der Waals surface area contributed by atoms with Crippen LogP contribution in [0.15, 0.2) is 24.3 Å². The number of hydrogen-bond acceptors (Lipinski definition) is 5. The molecule has 2 aromatic rings. The highest BCUT2D eigenvalue weighted by Gasteiger charge is 2.27. The van der Waals surface area contributed by atoms with Gasteiger partial charge in [-0.15, -0.1) is 11.3 Å². The first-order valence-corrected chi connectivity index (χ1v) is 9.65. The molecule has 3 N–H and O–H groups in total. The van der Waals surface area contributed by atoms with Crippen LogP contribution in [0.5, 0.6) is 0 Å². The molecule has 1 aromatic carbocycles. The lowest BCUT2D eigenvalue weighted by Crippen LogP contribution is -2.23. The molecule has 0 fully saturated rings. The number of esters is 1. The van der Waals surface area contributed by atoms with Gasteiger partial charge in [-0.05, 0) is 49.3 Å². The van der Waals surface area contributed by atoms with E-state index in [1.165, 1.54) is 11.3 Å². The summed E-state index contributed by atoms with van der Waals surface area (Å²) in [5.41, 5.74) is 8.07. The number of aryl methyl sites for hydroxylation is 1. The molecule has 1 heterocycles. The molecule has 7 heteroatoms. The van der Waals surface area contributed by atoms with Crippen LogP contribution < -0.4 is 11.1 Å². The maximum atomic E-state index is 12.3. The Bertz CT molecular complexity index is 903. The molecular weight excluding hydrogens is 364 g/mol. The maximum Gasteiger partial charge on any atom is 0.338 e. The van der Waals surface area contributed by atoms with Crippen LogP contribution in [0.4, 0.5) is 5.00 Å². The van der Waals surface area contributed by atoms with Gasteiger partial charge in [0.2, 0.25) is 0 Å². The summed E-state index contributed by atoms with van der Waals surface area (Å²) in [5.74, 6) is -1.06. The summed E-state index contributed by atoms with van der Waals surface area (Å²) in [4.78, 5) is 37.4. The third-order valence-electron chi connectivity index (χ3n) is 4.71. The number of nitrogens with one attached hydrogen (secondary N) is 1. The van der Waals surface area contributed by atoms with Gasteiger partial charge in [-0.1, -0.05) is 25.1 Å². The molecule has 0 spiro atoms. The van der Waals surface area contributed by atoms with Gasteiger partial charge in [0.25, 0.3) is 11.8 Å². The Hall–Kier alpha value is -2.67. The second-order valence-electron chi connectivity index (χ2n) is 6.86. The Morgan fingerprint density at radius 2 is 2.04 bits per heavy atom. The lowest BCUT2D eigenvalue weighted by molar-refractivity contribution is -0.119. The SMILES string of the molecule is Cc1ccccc1C(=O)OCC(=O)Nc1sc2c(c1C(N)=O)CC[C@H](C)C2. The van der Waals surface area contributed by atoms with Crippen molar-refractivity contribution >= 4 is 34.1 Å². The van der Waals surface area contributed by atoms with Crippen molar-refractivity contribution in [3.05, 3.63) is 51.4 Å². The van der Waals surface area contributed by atoms with Crippen molar-refractivity contribution in [1.82, 2.24) is 0 Å². The fraction of sp³-hybridized carbons (Fsp3) is 0.350. The Morgan fingerprint density at radius 3 is 2.74 bits per heavy atom. The van der Waals surface area contributed by atoms with Gasteiger partial charge in [0.05, 0.1) is 11.1 Å². The zero-order valence-electron chi connectivity index (χ0n) is 15.3. The van der Waals surface area contributed by atoms with E-state index in [0.29, 0.717) is 22.0 Å². The van der Waals surface area contributed by atoms with Crippen LogP contribution in [0.25, 0.3) is 0 Å². The van der Waals surface area contributed by atoms with Gasteiger partial charge in [-0.25, -0.2) is 4.79 Å². The summed E-state index contributed by atoms with van der Waals surface area (Å²) in [5, 5.41) is 3.13. The van der Waals surface area contributed by atoms with Crippen LogP contribution in [0.1, 0.15) is 50.1 Å². The molecule has 1 aliphatic carbocycles. The number of nitrogens with two attached hydrogens (primary N) is 1. The standard InChI is InChI=1S/C20H22N2O4S/c1-11-7-8-14-15(9-11)27-19(17(14)18(21)24)22-16(23)10-26-20(25)13-6-4-3-5-12(13)2/h3-6,11H,7-10H2,1-2H3,(H2,21,24)(H,22,23)/t11-/m0/s1. The van der Waals surface area contributed by atoms with E-state index >= 15 is 0 Å². The fourth-order valence-corrected chi connectivity index (χ4v) is 4.71. The Kier molecular flexibility index (Phi) is 5.60. The van der Waals surface area contributed by atoms with Crippen LogP contribution in [-0.4, -0.2) is 24.4 Å². The summed E-state index contributed by atoms with van der Waals surface area (Å²) < 4.78 is 5.10. The summed E-state index contributed by atoms with van der Waals surface area (Å²) in [7, 11) is 0. The van der Waals surface area contributed by atoms with Crippen molar-refractivity contribution in [2.45, 2.75) is 33.1 Å². The number of primary amides is 1. The van der Waals surface area contributed by atoms with E-state index in [1.807, 2.05) is 6.07 Å². The predicted molar refractivity (Wildman–Crippen MR) is 104 cm³/mol. The number of amides is 2. The molecule has 1 aliphatic rings. The number of carbonyl (C=O) groups is 3. The summed E-state index contributed by atoms with van der Waals surface area (Å²) in [6, 6.07) is 7.01. The van der Waals surface area contributed by atoms with Gasteiger partial charge in [0.1, 0.15) is 5.00 Å². The molecule has 6 nitrogen and oxygen atoms in total. The highest BCUT2D eigenvalue weighted by atomic mass is 32.1. The van der Waals surface area contributed by atoms with Crippen molar-refractivity contribution in [3.63, 3.8) is 0 Å². The number of thiophene rings is 1. The van der Waals surface area contributed by atoms with E-state index in [1.54, 1.807) is 25.1 Å². The first kappa shape index (κ1) is 19.1. The zero-order valence-corrected chi connectivity index (χ0v) is 16.2. The van der Waals surface area contributed by atoms with E-state index in [2.05, 4.69) is 12.2 Å². The molecule has 0 bridgehead atoms. The average Bonchev–Trinajstić information content (AvgIpc) is 2.97. The van der Waals surface area contributed by atoms with Gasteiger partial charge in [0, 0.05) is 4.88 Å². The molecule has 3 rings (SSSR count). The first-order chi connectivity index (χ1) is 12.9. The lowest BCUT2D eigenvalue weighted by atomic mass is 9.88. The molecule has 0 unspecified atom stereocenters. The molecule has 2 amide bonds. The van der Waals surface area contributed by atoms with E-state index in [0.717, 1.165) is 35.3 Å². The van der Waals surface area contributed by atoms with Crippen molar-refractivity contribution in [2.24, 2.45) is 11.7 Å². The zero-order chi connectivity index (χ0) is 19.6. The van der Waals surface area contributed by atoms with Crippen molar-refractivity contribution in [1.29, 1.82) is 0 Å². The number of ether oxygens (including phenoxy) is 1. The molecule has 0 saturated carbocycles. The fourth-order valence-electron chi connectivity index (χ4n) is 3.27. The lowest BCUT2D eigenvalue weighted by Gasteiger charge is -2.18. The van der Waals surface area contributed by atoms with Crippen molar-refractivity contribution < 1.29 is 19.1 Å². The highest BCUT2D eigenvalue weighted by molar-refractivity contribution is 7.17. The number of hydrogen-bond donors (Lipinski definition) is 2. The molecule has 27 heavy (non-hydrogen) atoms. The van der Waals surface area contributed by atoms with Crippen LogP contribution in [-0.2, 0) is 22.4 Å². The van der Waals surface area contributed by atoms with Crippen LogP contribution >= 0.6 is 11.3 Å². The predicted octanol–water partition coefficient (Wildman–Crippen LogP) is 3.08. The van der Waals surface area contributed by atoms with E-state index in [4.69, 9.17) is 10.5 Å². The highest BCUT2D eigenvalue weighted by Crippen LogP contribution is 2.39. The normalized spacial score (nSPS) is 15.7. The summed E-state index contributed by atoms with van der Waals surface area (Å²) in [6.07, 6.45) is 2.65. The average molecular weight is 386 g/mol. The smallest absolute Gasteiger partial charge is 0.338 e. The molecule has 0 aliphatic heterocycles. The number of rotatable bonds is 5. The summed E-state index contributed by atoms with van der Waals surface area (Å²) >= 11 is 1.38. The number of benzene rings is 1. The molecule has 0 saturated heterocycles. The molecule has 142 valence electrons. The van der Waals surface area contributed by atoms with Gasteiger partial charge >= 0.3 is 5.97 Å². The molecule has 0 radical (unpaired) electrons. The number of carbonyl (C=O) groups excluding carboxylic acids is 3. The van der Waals surface area contributed by atoms with Gasteiger partial charge in [-0.3, -0.25) is 9.59 Å². The van der Waals surface area contributed by atoms with Gasteiger partial charge in [0.15, 0.2) is 6.61 Å². The Labute approximate surface area is 161 Å². The Morgan fingerprint density at radius 1 is 1.30 bits per heavy atom. The Balaban J connectivity index is 1.68. The minimum absolute atomic E-state index is 0.389. The van der Waals surface area contributed by atoms with E-state index in [-0.39, 0.29) is 0 Å². The summed E-state index contributed by atoms with van der Waals surface area (Å²) in [6.45, 7) is 3.53. The molecule has 1 atom stereocenters. The van der Waals surface area contributed by atoms with Gasteiger partial charge in [-0.2, -0.15) is 0 Å². The monoisotopic (exact) mass is 386 g/mol. The van der Waals surface area contributed by atoms with Crippen molar-refractivity contribution in [2.75, 3.05) is 11.9 Å². The minimum Gasteiger partial charge on any atom is -0.452 e.